The van der Waals surface area contributed by atoms with Crippen LogP contribution in [0, 0.1) is 6.92 Å². The number of aromatic amines is 1. The van der Waals surface area contributed by atoms with Gasteiger partial charge in [0.15, 0.2) is 0 Å². The number of hydrogen-bond donors (Lipinski definition) is 1. The zero-order valence-electron chi connectivity index (χ0n) is 12.3. The summed E-state index contributed by atoms with van der Waals surface area (Å²) in [6.45, 7) is 4.44. The maximum absolute atomic E-state index is 11.7. The average molecular weight is 286 g/mol. The highest BCUT2D eigenvalue weighted by Crippen LogP contribution is 2.06. The number of anilines is 1. The molecule has 0 aliphatic carbocycles. The number of nitrogens with zero attached hydrogens (tertiary/aromatic N) is 3. The number of H-pyrrole nitrogens is 1. The lowest BCUT2D eigenvalue weighted by molar-refractivity contribution is 0.756. The molecule has 110 valence electrons. The summed E-state index contributed by atoms with van der Waals surface area (Å²) >= 11 is 0. The minimum atomic E-state index is -0.457. The average Bonchev–Trinajstić information content (AvgIpc) is 2.47. The topological polar surface area (TPSA) is 70.5 Å². The summed E-state index contributed by atoms with van der Waals surface area (Å²) in [6.07, 6.45) is 1.69. The van der Waals surface area contributed by atoms with Gasteiger partial charge >= 0.3 is 5.69 Å². The molecule has 1 aromatic heterocycles. The van der Waals surface area contributed by atoms with Crippen LogP contribution in [0.5, 0.6) is 0 Å². The lowest BCUT2D eigenvalue weighted by Crippen LogP contribution is -2.34. The van der Waals surface area contributed by atoms with Crippen LogP contribution in [0.2, 0.25) is 0 Å². The van der Waals surface area contributed by atoms with Crippen molar-refractivity contribution in [2.45, 2.75) is 13.8 Å². The van der Waals surface area contributed by atoms with Crippen molar-refractivity contribution >= 4 is 12.0 Å². The summed E-state index contributed by atoms with van der Waals surface area (Å²) in [6, 6.07) is 9.27. The number of hydrogen-bond acceptors (Lipinski definition) is 4. The van der Waals surface area contributed by atoms with E-state index in [1.807, 2.05) is 38.1 Å². The third-order valence-electron chi connectivity index (χ3n) is 3.13. The molecule has 0 fully saturated rings. The number of benzene rings is 1. The van der Waals surface area contributed by atoms with Gasteiger partial charge in [-0.2, -0.15) is 5.10 Å². The van der Waals surface area contributed by atoms with Gasteiger partial charge in [0.1, 0.15) is 5.82 Å². The molecule has 2 aromatic rings. The smallest absolute Gasteiger partial charge is 0.292 e. The van der Waals surface area contributed by atoms with Crippen LogP contribution in [0.1, 0.15) is 18.1 Å². The van der Waals surface area contributed by atoms with Crippen LogP contribution in [0.4, 0.5) is 5.82 Å². The van der Waals surface area contributed by atoms with Crippen molar-refractivity contribution in [1.29, 1.82) is 0 Å². The van der Waals surface area contributed by atoms with Crippen LogP contribution < -0.4 is 16.3 Å². The maximum Gasteiger partial charge on any atom is 0.329 e. The molecule has 0 bridgehead atoms. The molecule has 0 aliphatic heterocycles. The van der Waals surface area contributed by atoms with Gasteiger partial charge in [0.25, 0.3) is 5.56 Å². The summed E-state index contributed by atoms with van der Waals surface area (Å²) in [5, 5.41) is 5.89. The minimum Gasteiger partial charge on any atom is -0.292 e. The summed E-state index contributed by atoms with van der Waals surface area (Å²) in [7, 11) is 1.43. The van der Waals surface area contributed by atoms with Crippen molar-refractivity contribution < 1.29 is 0 Å². The number of hydrazone groups is 1. The molecule has 0 atom stereocenters. The highest BCUT2D eigenvalue weighted by molar-refractivity contribution is 5.80. The van der Waals surface area contributed by atoms with E-state index < -0.39 is 5.69 Å². The van der Waals surface area contributed by atoms with E-state index >= 15 is 0 Å². The van der Waals surface area contributed by atoms with Crippen LogP contribution >= 0.6 is 0 Å². The van der Waals surface area contributed by atoms with Crippen LogP contribution in [0.15, 0.2) is 45.0 Å². The van der Waals surface area contributed by atoms with Crippen molar-refractivity contribution in [3.63, 3.8) is 0 Å². The van der Waals surface area contributed by atoms with Gasteiger partial charge < -0.3 is 0 Å². The zero-order valence-corrected chi connectivity index (χ0v) is 12.3. The van der Waals surface area contributed by atoms with E-state index in [1.54, 1.807) is 11.2 Å². The number of rotatable bonds is 4. The molecule has 1 N–H and O–H groups in total. The Hall–Kier alpha value is -2.63. The van der Waals surface area contributed by atoms with Crippen LogP contribution in [0.3, 0.4) is 0 Å². The van der Waals surface area contributed by atoms with E-state index in [-0.39, 0.29) is 5.56 Å². The third kappa shape index (κ3) is 3.47. The molecule has 21 heavy (non-hydrogen) atoms. The van der Waals surface area contributed by atoms with Crippen molar-refractivity contribution in [3.8, 4) is 0 Å². The van der Waals surface area contributed by atoms with Crippen molar-refractivity contribution in [3.05, 3.63) is 62.3 Å². The molecule has 6 heteroatoms. The predicted octanol–water partition coefficient (Wildman–Crippen LogP) is 1.24. The second kappa shape index (κ2) is 6.21. The van der Waals surface area contributed by atoms with Crippen molar-refractivity contribution in [1.82, 2.24) is 9.55 Å². The molecule has 0 saturated heterocycles. The molecule has 6 nitrogen and oxygen atoms in total. The molecule has 0 aliphatic rings. The van der Waals surface area contributed by atoms with Gasteiger partial charge in [0.2, 0.25) is 0 Å². The van der Waals surface area contributed by atoms with Gasteiger partial charge in [-0.1, -0.05) is 29.8 Å². The molecule has 1 aromatic carbocycles. The SMILES string of the molecule is CCN(N=Cc1ccc(C)cc1)c1cc(=O)n(C)c(=O)[nH]1. The highest BCUT2D eigenvalue weighted by atomic mass is 16.2. The Balaban J connectivity index is 2.30. The number of aromatic nitrogens is 2. The van der Waals surface area contributed by atoms with E-state index in [4.69, 9.17) is 0 Å². The lowest BCUT2D eigenvalue weighted by Gasteiger charge is -2.16. The summed E-state index contributed by atoms with van der Waals surface area (Å²) in [4.78, 5) is 25.9. The summed E-state index contributed by atoms with van der Waals surface area (Å²) < 4.78 is 1.01. The fourth-order valence-electron chi connectivity index (χ4n) is 1.79. The van der Waals surface area contributed by atoms with Crippen LogP contribution in [0.25, 0.3) is 0 Å². The van der Waals surface area contributed by atoms with E-state index in [2.05, 4.69) is 10.1 Å². The molecule has 0 spiro atoms. The van der Waals surface area contributed by atoms with Crippen LogP contribution in [-0.4, -0.2) is 22.3 Å². The molecule has 0 radical (unpaired) electrons. The Bertz CT molecular complexity index is 725. The predicted molar refractivity (Wildman–Crippen MR) is 84.1 cm³/mol. The summed E-state index contributed by atoms with van der Waals surface area (Å²) in [5.41, 5.74) is 1.31. The molecular weight excluding hydrogens is 268 g/mol. The fourth-order valence-corrected chi connectivity index (χ4v) is 1.79. The van der Waals surface area contributed by atoms with Crippen molar-refractivity contribution in [2.75, 3.05) is 11.6 Å². The molecular formula is C15H18N4O2. The number of aryl methyl sites for hydroxylation is 1. The Morgan fingerprint density at radius 3 is 2.52 bits per heavy atom. The first-order valence-electron chi connectivity index (χ1n) is 6.70. The monoisotopic (exact) mass is 286 g/mol. The van der Waals surface area contributed by atoms with Crippen molar-refractivity contribution in [2.24, 2.45) is 12.1 Å². The molecule has 0 amide bonds. The lowest BCUT2D eigenvalue weighted by atomic mass is 10.2. The van der Waals surface area contributed by atoms with Gasteiger partial charge in [-0.3, -0.25) is 14.3 Å². The highest BCUT2D eigenvalue weighted by Gasteiger charge is 2.06. The fraction of sp³-hybridized carbons (Fsp3) is 0.267. The molecule has 2 rings (SSSR count). The largest absolute Gasteiger partial charge is 0.329 e. The van der Waals surface area contributed by atoms with Gasteiger partial charge in [-0.15, -0.1) is 0 Å². The number of nitrogens with one attached hydrogen (secondary N) is 1. The molecule has 1 heterocycles. The van der Waals surface area contributed by atoms with Gasteiger partial charge in [-0.25, -0.2) is 9.80 Å². The van der Waals surface area contributed by atoms with Gasteiger partial charge in [-0.05, 0) is 19.4 Å². The van der Waals surface area contributed by atoms with Crippen LogP contribution in [-0.2, 0) is 7.05 Å². The molecule has 0 unspecified atom stereocenters. The Morgan fingerprint density at radius 2 is 1.95 bits per heavy atom. The second-order valence-corrected chi connectivity index (χ2v) is 4.73. The summed E-state index contributed by atoms with van der Waals surface area (Å²) in [5.74, 6) is 0.383. The quantitative estimate of drug-likeness (QED) is 0.679. The first-order chi connectivity index (χ1) is 10.0. The Morgan fingerprint density at radius 1 is 1.29 bits per heavy atom. The van der Waals surface area contributed by atoms with E-state index in [1.165, 1.54) is 18.7 Å². The zero-order chi connectivity index (χ0) is 15.4. The molecule has 0 saturated carbocycles. The van der Waals surface area contributed by atoms with E-state index in [0.29, 0.717) is 12.4 Å². The Labute approximate surface area is 122 Å². The normalized spacial score (nSPS) is 11.0. The van der Waals surface area contributed by atoms with E-state index in [9.17, 15) is 9.59 Å². The second-order valence-electron chi connectivity index (χ2n) is 4.73. The third-order valence-corrected chi connectivity index (χ3v) is 3.13. The standard InChI is InChI=1S/C15H18N4O2/c1-4-19(13-9-14(20)18(3)15(21)17-13)16-10-12-7-5-11(2)6-8-12/h5-10H,4H2,1-3H3,(H,17,21). The van der Waals surface area contributed by atoms with E-state index in [0.717, 1.165) is 10.1 Å². The van der Waals surface area contributed by atoms with Gasteiger partial charge in [0, 0.05) is 19.7 Å². The maximum atomic E-state index is 11.7. The Kier molecular flexibility index (Phi) is 4.37. The first-order valence-corrected chi connectivity index (χ1v) is 6.70. The first kappa shape index (κ1) is 14.8. The van der Waals surface area contributed by atoms with Gasteiger partial charge in [0.05, 0.1) is 6.21 Å². The minimum absolute atomic E-state index is 0.363.